The SMILES string of the molecule is CCCCCCCCCC(C)C1CCC2=C1c1ccccc1[N]2. The largest absolute Gasteiger partial charge is 0.253 e. The zero-order valence-electron chi connectivity index (χ0n) is 15.0. The average Bonchev–Trinajstić information content (AvgIpc) is 3.12. The van der Waals surface area contributed by atoms with E-state index in [-0.39, 0.29) is 0 Å². The summed E-state index contributed by atoms with van der Waals surface area (Å²) < 4.78 is 0. The van der Waals surface area contributed by atoms with E-state index in [4.69, 9.17) is 5.32 Å². The first kappa shape index (κ1) is 16.6. The van der Waals surface area contributed by atoms with E-state index < -0.39 is 0 Å². The molecule has 2 unspecified atom stereocenters. The summed E-state index contributed by atoms with van der Waals surface area (Å²) in [5.41, 5.74) is 5.63. The van der Waals surface area contributed by atoms with Crippen molar-refractivity contribution >= 4 is 11.3 Å². The summed E-state index contributed by atoms with van der Waals surface area (Å²) in [6.07, 6.45) is 13.8. The molecular formula is C22H32N. The molecule has 0 aromatic heterocycles. The van der Waals surface area contributed by atoms with Crippen molar-refractivity contribution in [2.45, 2.75) is 78.1 Å². The highest BCUT2D eigenvalue weighted by atomic mass is 14.9. The smallest absolute Gasteiger partial charge is 0.0708 e. The number of unbranched alkanes of at least 4 members (excludes halogenated alkanes) is 6. The van der Waals surface area contributed by atoms with Crippen LogP contribution in [0.1, 0.15) is 83.6 Å². The Morgan fingerprint density at radius 3 is 2.61 bits per heavy atom. The Morgan fingerprint density at radius 1 is 1.04 bits per heavy atom. The monoisotopic (exact) mass is 310 g/mol. The number of rotatable bonds is 9. The summed E-state index contributed by atoms with van der Waals surface area (Å²) in [4.78, 5) is 0. The maximum atomic E-state index is 4.86. The van der Waals surface area contributed by atoms with Crippen molar-refractivity contribution in [1.29, 1.82) is 0 Å². The lowest BCUT2D eigenvalue weighted by Gasteiger charge is -2.22. The van der Waals surface area contributed by atoms with Gasteiger partial charge in [-0.1, -0.05) is 83.4 Å². The molecule has 1 aromatic rings. The highest BCUT2D eigenvalue weighted by molar-refractivity contribution is 5.84. The van der Waals surface area contributed by atoms with E-state index in [2.05, 4.69) is 38.1 Å². The number of hydrogen-bond acceptors (Lipinski definition) is 0. The molecule has 0 fully saturated rings. The molecule has 23 heavy (non-hydrogen) atoms. The van der Waals surface area contributed by atoms with Crippen molar-refractivity contribution in [3.63, 3.8) is 0 Å². The van der Waals surface area contributed by atoms with Crippen LogP contribution in [0, 0.1) is 11.8 Å². The first-order valence-corrected chi connectivity index (χ1v) is 9.85. The molecule has 0 saturated heterocycles. The Morgan fingerprint density at radius 2 is 1.78 bits per heavy atom. The van der Waals surface area contributed by atoms with Crippen molar-refractivity contribution in [1.82, 2.24) is 5.32 Å². The van der Waals surface area contributed by atoms with E-state index in [1.165, 1.54) is 81.2 Å². The van der Waals surface area contributed by atoms with Crippen LogP contribution >= 0.6 is 0 Å². The van der Waals surface area contributed by atoms with Crippen molar-refractivity contribution in [2.75, 3.05) is 0 Å². The predicted molar refractivity (Wildman–Crippen MR) is 99.7 cm³/mol. The fraction of sp³-hybridized carbons (Fsp3) is 0.636. The zero-order valence-corrected chi connectivity index (χ0v) is 15.0. The van der Waals surface area contributed by atoms with Gasteiger partial charge in [-0.2, -0.15) is 0 Å². The van der Waals surface area contributed by atoms with Crippen molar-refractivity contribution in [3.05, 3.63) is 35.5 Å². The minimum Gasteiger partial charge on any atom is -0.253 e. The zero-order chi connectivity index (χ0) is 16.1. The van der Waals surface area contributed by atoms with E-state index in [9.17, 15) is 0 Å². The molecule has 0 bridgehead atoms. The summed E-state index contributed by atoms with van der Waals surface area (Å²) in [5.74, 6) is 1.55. The molecule has 1 aromatic carbocycles. The standard InChI is InChI=1S/C22H32N/c1-3-4-5-6-7-8-9-12-17(2)18-15-16-21-22(18)19-13-10-11-14-20(19)23-21/h10-11,13-14,17-18H,3-9,12,15-16H2,1-2H3. The van der Waals surface area contributed by atoms with Crippen molar-refractivity contribution < 1.29 is 0 Å². The van der Waals surface area contributed by atoms with Gasteiger partial charge in [-0.15, -0.1) is 0 Å². The quantitative estimate of drug-likeness (QED) is 0.444. The van der Waals surface area contributed by atoms with Gasteiger partial charge in [0.05, 0.1) is 5.69 Å². The Bertz CT molecular complexity index is 543. The van der Waals surface area contributed by atoms with Crippen LogP contribution < -0.4 is 5.32 Å². The van der Waals surface area contributed by atoms with Crippen molar-refractivity contribution in [2.24, 2.45) is 11.8 Å². The predicted octanol–water partition coefficient (Wildman–Crippen LogP) is 6.83. The molecule has 3 rings (SSSR count). The van der Waals surface area contributed by atoms with Crippen LogP contribution in [-0.2, 0) is 0 Å². The number of para-hydroxylation sites is 1. The average molecular weight is 311 g/mol. The third-order valence-electron chi connectivity index (χ3n) is 5.77. The van der Waals surface area contributed by atoms with Gasteiger partial charge in [-0.05, 0) is 36.3 Å². The van der Waals surface area contributed by atoms with Crippen LogP contribution in [0.15, 0.2) is 30.0 Å². The number of hydrogen-bond donors (Lipinski definition) is 0. The molecule has 2 atom stereocenters. The highest BCUT2D eigenvalue weighted by Gasteiger charge is 2.35. The fourth-order valence-electron chi connectivity index (χ4n) is 4.39. The van der Waals surface area contributed by atoms with Gasteiger partial charge >= 0.3 is 0 Å². The number of fused-ring (bicyclic) bond motifs is 2. The number of benzene rings is 1. The van der Waals surface area contributed by atoms with Gasteiger partial charge in [0.2, 0.25) is 0 Å². The van der Waals surface area contributed by atoms with E-state index >= 15 is 0 Å². The minimum absolute atomic E-state index is 0.748. The van der Waals surface area contributed by atoms with Crippen LogP contribution in [-0.4, -0.2) is 0 Å². The van der Waals surface area contributed by atoms with Gasteiger partial charge in [0.25, 0.3) is 0 Å². The molecule has 0 amide bonds. The molecular weight excluding hydrogens is 278 g/mol. The molecule has 0 spiro atoms. The summed E-state index contributed by atoms with van der Waals surface area (Å²) >= 11 is 0. The summed E-state index contributed by atoms with van der Waals surface area (Å²) in [6.45, 7) is 4.76. The second kappa shape index (κ2) is 8.04. The second-order valence-electron chi connectivity index (χ2n) is 7.52. The van der Waals surface area contributed by atoms with Gasteiger partial charge in [-0.25, -0.2) is 0 Å². The van der Waals surface area contributed by atoms with Crippen LogP contribution in [0.2, 0.25) is 0 Å². The molecule has 2 aliphatic rings. The Hall–Kier alpha value is -1.24. The third-order valence-corrected chi connectivity index (χ3v) is 5.77. The molecule has 125 valence electrons. The van der Waals surface area contributed by atoms with Crippen LogP contribution in [0.4, 0.5) is 5.69 Å². The molecule has 0 N–H and O–H groups in total. The molecule has 0 saturated carbocycles. The van der Waals surface area contributed by atoms with Gasteiger partial charge in [-0.3, -0.25) is 5.32 Å². The molecule has 1 radical (unpaired) electrons. The summed E-state index contributed by atoms with van der Waals surface area (Å²) in [6, 6.07) is 8.73. The topological polar surface area (TPSA) is 14.1 Å². The van der Waals surface area contributed by atoms with Gasteiger partial charge in [0.15, 0.2) is 0 Å². The molecule has 1 heteroatoms. The first-order valence-electron chi connectivity index (χ1n) is 9.85. The lowest BCUT2D eigenvalue weighted by Crippen LogP contribution is -2.10. The maximum absolute atomic E-state index is 4.86. The Labute approximate surface area is 142 Å². The van der Waals surface area contributed by atoms with Crippen molar-refractivity contribution in [3.8, 4) is 0 Å². The summed E-state index contributed by atoms with van der Waals surface area (Å²) in [7, 11) is 0. The lowest BCUT2D eigenvalue weighted by atomic mass is 9.82. The molecule has 1 heterocycles. The number of allylic oxidation sites excluding steroid dienone is 2. The Balaban J connectivity index is 1.47. The maximum Gasteiger partial charge on any atom is 0.0708 e. The number of nitrogens with zero attached hydrogens (tertiary/aromatic N) is 1. The molecule has 1 aliphatic heterocycles. The van der Waals surface area contributed by atoms with Gasteiger partial charge in [0.1, 0.15) is 0 Å². The van der Waals surface area contributed by atoms with E-state index in [1.807, 2.05) is 0 Å². The third kappa shape index (κ3) is 3.82. The first-order chi connectivity index (χ1) is 11.3. The highest BCUT2D eigenvalue weighted by Crippen LogP contribution is 2.50. The Kier molecular flexibility index (Phi) is 5.80. The lowest BCUT2D eigenvalue weighted by molar-refractivity contribution is 0.386. The fourth-order valence-corrected chi connectivity index (χ4v) is 4.39. The van der Waals surface area contributed by atoms with Crippen LogP contribution in [0.3, 0.4) is 0 Å². The summed E-state index contributed by atoms with van der Waals surface area (Å²) in [5, 5.41) is 4.86. The van der Waals surface area contributed by atoms with Gasteiger partial charge in [0, 0.05) is 11.3 Å². The van der Waals surface area contributed by atoms with Gasteiger partial charge < -0.3 is 0 Å². The van der Waals surface area contributed by atoms with E-state index in [1.54, 1.807) is 5.57 Å². The minimum atomic E-state index is 0.748. The molecule has 1 nitrogen and oxygen atoms in total. The molecule has 1 aliphatic carbocycles. The van der Waals surface area contributed by atoms with E-state index in [0.29, 0.717) is 0 Å². The van der Waals surface area contributed by atoms with E-state index in [0.717, 1.165) is 11.8 Å². The van der Waals surface area contributed by atoms with Crippen LogP contribution in [0.5, 0.6) is 0 Å². The normalized spacial score (nSPS) is 20.3. The van der Waals surface area contributed by atoms with Crippen LogP contribution in [0.25, 0.3) is 5.57 Å². The second-order valence-corrected chi connectivity index (χ2v) is 7.52.